The number of nitrogens with one attached hydrogen (secondary N) is 3. The van der Waals surface area contributed by atoms with Crippen LogP contribution in [0.1, 0.15) is 16.8 Å². The van der Waals surface area contributed by atoms with Crippen LogP contribution in [0.5, 0.6) is 0 Å². The number of hydrogen-bond donors (Lipinski definition) is 3. The molecule has 31 heavy (non-hydrogen) atoms. The van der Waals surface area contributed by atoms with Crippen molar-refractivity contribution in [3.05, 3.63) is 52.6 Å². The SMILES string of the molecule is O=C(CCl)Nc1c(F)ccc(NC(=O)c2cc(NC(=O)C3CC3(Cl)Cl)ccc2Cl)c1F. The van der Waals surface area contributed by atoms with Gasteiger partial charge in [0.2, 0.25) is 11.8 Å². The summed E-state index contributed by atoms with van der Waals surface area (Å²) in [6.45, 7) is 0. The fraction of sp³-hybridized carbons (Fsp3) is 0.211. The van der Waals surface area contributed by atoms with Gasteiger partial charge in [-0.1, -0.05) is 11.6 Å². The van der Waals surface area contributed by atoms with E-state index in [0.717, 1.165) is 12.1 Å². The molecule has 3 amide bonds. The topological polar surface area (TPSA) is 87.3 Å². The Kier molecular flexibility index (Phi) is 6.95. The van der Waals surface area contributed by atoms with Crippen LogP contribution in [-0.4, -0.2) is 27.9 Å². The van der Waals surface area contributed by atoms with Crippen LogP contribution in [-0.2, 0) is 9.59 Å². The molecule has 0 radical (unpaired) electrons. The molecule has 1 fully saturated rings. The molecule has 0 aliphatic heterocycles. The van der Waals surface area contributed by atoms with E-state index in [1.165, 1.54) is 18.2 Å². The normalized spacial score (nSPS) is 16.4. The van der Waals surface area contributed by atoms with E-state index in [2.05, 4.69) is 10.6 Å². The number of benzene rings is 2. The van der Waals surface area contributed by atoms with Crippen molar-refractivity contribution >= 4 is 81.2 Å². The zero-order chi connectivity index (χ0) is 22.9. The molecular weight excluding hydrogens is 498 g/mol. The first-order valence-corrected chi connectivity index (χ1v) is 10.3. The summed E-state index contributed by atoms with van der Waals surface area (Å²) in [6.07, 6.45) is 0.301. The van der Waals surface area contributed by atoms with Crippen LogP contribution in [0.3, 0.4) is 0 Å². The number of anilines is 3. The van der Waals surface area contributed by atoms with Gasteiger partial charge in [-0.25, -0.2) is 8.78 Å². The average molecular weight is 511 g/mol. The molecule has 2 aromatic rings. The number of halogens is 6. The van der Waals surface area contributed by atoms with Gasteiger partial charge < -0.3 is 16.0 Å². The number of carbonyl (C=O) groups excluding carboxylic acids is 3. The van der Waals surface area contributed by atoms with Crippen molar-refractivity contribution in [1.82, 2.24) is 0 Å². The third-order valence-electron chi connectivity index (χ3n) is 4.35. The van der Waals surface area contributed by atoms with Crippen LogP contribution >= 0.6 is 46.4 Å². The molecule has 0 aromatic heterocycles. The van der Waals surface area contributed by atoms with Crippen molar-refractivity contribution in [1.29, 1.82) is 0 Å². The van der Waals surface area contributed by atoms with E-state index in [9.17, 15) is 23.2 Å². The number of alkyl halides is 3. The van der Waals surface area contributed by atoms with Crippen molar-refractivity contribution < 1.29 is 23.2 Å². The van der Waals surface area contributed by atoms with E-state index in [0.29, 0.717) is 6.42 Å². The molecule has 3 rings (SSSR count). The standard InChI is InChI=1S/C19H13Cl4F2N3O3/c20-7-14(29)28-16-12(24)3-4-13(15(16)25)27-17(30)9-5-8(1-2-11(9)21)26-18(31)10-6-19(10,22)23/h1-5,10H,6-7H2,(H,26,31)(H,27,30)(H,28,29). The molecule has 1 aliphatic rings. The molecule has 0 saturated heterocycles. The maximum atomic E-state index is 14.6. The molecule has 0 heterocycles. The second-order valence-electron chi connectivity index (χ2n) is 6.62. The molecule has 0 bridgehead atoms. The second kappa shape index (κ2) is 9.16. The predicted molar refractivity (Wildman–Crippen MR) is 116 cm³/mol. The Balaban J connectivity index is 1.80. The highest BCUT2D eigenvalue weighted by atomic mass is 35.5. The quantitative estimate of drug-likeness (QED) is 0.468. The maximum Gasteiger partial charge on any atom is 0.257 e. The number of rotatable bonds is 6. The van der Waals surface area contributed by atoms with Crippen molar-refractivity contribution in [2.75, 3.05) is 21.8 Å². The molecule has 1 saturated carbocycles. The lowest BCUT2D eigenvalue weighted by Crippen LogP contribution is -2.19. The van der Waals surface area contributed by atoms with Gasteiger partial charge in [0.1, 0.15) is 21.7 Å². The summed E-state index contributed by atoms with van der Waals surface area (Å²) in [5.41, 5.74) is -1.02. The molecule has 2 aromatic carbocycles. The van der Waals surface area contributed by atoms with Crippen LogP contribution in [0.2, 0.25) is 5.02 Å². The lowest BCUT2D eigenvalue weighted by atomic mass is 10.1. The summed E-state index contributed by atoms with van der Waals surface area (Å²) in [5.74, 6) is -5.45. The smallest absolute Gasteiger partial charge is 0.257 e. The first kappa shape index (κ1) is 23.5. The van der Waals surface area contributed by atoms with Crippen LogP contribution in [0.4, 0.5) is 25.8 Å². The Hall–Kier alpha value is -2.13. The van der Waals surface area contributed by atoms with Crippen molar-refractivity contribution in [2.45, 2.75) is 10.8 Å². The minimum Gasteiger partial charge on any atom is -0.326 e. The van der Waals surface area contributed by atoms with Gasteiger partial charge >= 0.3 is 0 Å². The van der Waals surface area contributed by atoms with Gasteiger partial charge in [0.15, 0.2) is 5.82 Å². The Labute approximate surface area is 195 Å². The molecule has 1 aliphatic carbocycles. The average Bonchev–Trinajstić information content (AvgIpc) is 3.36. The van der Waals surface area contributed by atoms with Gasteiger partial charge in [-0.2, -0.15) is 0 Å². The van der Waals surface area contributed by atoms with Crippen molar-refractivity contribution in [3.8, 4) is 0 Å². The van der Waals surface area contributed by atoms with Gasteiger partial charge in [0.05, 0.1) is 22.2 Å². The number of amides is 3. The second-order valence-corrected chi connectivity index (χ2v) is 8.84. The fourth-order valence-electron chi connectivity index (χ4n) is 2.63. The molecule has 1 atom stereocenters. The highest BCUT2D eigenvalue weighted by Gasteiger charge is 2.56. The van der Waals surface area contributed by atoms with Crippen LogP contribution in [0, 0.1) is 17.6 Å². The first-order valence-electron chi connectivity index (χ1n) is 8.67. The van der Waals surface area contributed by atoms with Gasteiger partial charge in [0, 0.05) is 5.69 Å². The van der Waals surface area contributed by atoms with Gasteiger partial charge in [-0.3, -0.25) is 14.4 Å². The molecular formula is C19H13Cl4F2N3O3. The van der Waals surface area contributed by atoms with Gasteiger partial charge in [0.25, 0.3) is 5.91 Å². The molecule has 1 unspecified atom stereocenters. The lowest BCUT2D eigenvalue weighted by Gasteiger charge is -2.13. The monoisotopic (exact) mass is 509 g/mol. The fourth-order valence-corrected chi connectivity index (χ4v) is 3.41. The highest BCUT2D eigenvalue weighted by Crippen LogP contribution is 2.53. The largest absolute Gasteiger partial charge is 0.326 e. The number of carbonyl (C=O) groups is 3. The van der Waals surface area contributed by atoms with Crippen LogP contribution in [0.15, 0.2) is 30.3 Å². The van der Waals surface area contributed by atoms with E-state index in [4.69, 9.17) is 46.4 Å². The molecule has 164 valence electrons. The van der Waals surface area contributed by atoms with Crippen LogP contribution in [0.25, 0.3) is 0 Å². The zero-order valence-electron chi connectivity index (χ0n) is 15.4. The minimum absolute atomic E-state index is 0.0177. The summed E-state index contributed by atoms with van der Waals surface area (Å²) < 4.78 is 27.3. The minimum atomic E-state index is -1.21. The van der Waals surface area contributed by atoms with Crippen LogP contribution < -0.4 is 16.0 Å². The van der Waals surface area contributed by atoms with E-state index in [1.54, 1.807) is 0 Å². The summed E-state index contributed by atoms with van der Waals surface area (Å²) in [7, 11) is 0. The lowest BCUT2D eigenvalue weighted by molar-refractivity contribution is -0.117. The molecule has 6 nitrogen and oxygen atoms in total. The molecule has 3 N–H and O–H groups in total. The summed E-state index contributed by atoms with van der Waals surface area (Å²) in [6, 6.07) is 5.94. The van der Waals surface area contributed by atoms with Gasteiger partial charge in [-0.05, 0) is 36.8 Å². The predicted octanol–water partition coefficient (Wildman–Crippen LogP) is 5.18. The highest BCUT2D eigenvalue weighted by molar-refractivity contribution is 6.52. The number of hydrogen-bond acceptors (Lipinski definition) is 3. The Bertz CT molecular complexity index is 1080. The van der Waals surface area contributed by atoms with E-state index in [1.807, 2.05) is 5.32 Å². The first-order chi connectivity index (χ1) is 14.5. The summed E-state index contributed by atoms with van der Waals surface area (Å²) >= 11 is 23.1. The molecule has 0 spiro atoms. The van der Waals surface area contributed by atoms with E-state index in [-0.39, 0.29) is 16.3 Å². The summed E-state index contributed by atoms with van der Waals surface area (Å²) in [4.78, 5) is 36.1. The van der Waals surface area contributed by atoms with Crippen molar-refractivity contribution in [3.63, 3.8) is 0 Å². The van der Waals surface area contributed by atoms with E-state index < -0.39 is 56.9 Å². The van der Waals surface area contributed by atoms with Crippen molar-refractivity contribution in [2.24, 2.45) is 5.92 Å². The Morgan fingerprint density at radius 2 is 1.74 bits per heavy atom. The van der Waals surface area contributed by atoms with E-state index >= 15 is 0 Å². The maximum absolute atomic E-state index is 14.6. The third kappa shape index (κ3) is 5.38. The Morgan fingerprint density at radius 3 is 2.35 bits per heavy atom. The molecule has 12 heteroatoms. The Morgan fingerprint density at radius 1 is 1.06 bits per heavy atom. The third-order valence-corrected chi connectivity index (χ3v) is 5.75. The summed E-state index contributed by atoms with van der Waals surface area (Å²) in [5, 5.41) is 6.82. The van der Waals surface area contributed by atoms with Gasteiger partial charge in [-0.15, -0.1) is 34.8 Å². The zero-order valence-corrected chi connectivity index (χ0v) is 18.4.